The predicted molar refractivity (Wildman–Crippen MR) is 110 cm³/mol. The Morgan fingerprint density at radius 3 is 2.66 bits per heavy atom. The first-order valence-electron chi connectivity index (χ1n) is 10.0. The number of aromatic nitrogens is 5. The van der Waals surface area contributed by atoms with Crippen LogP contribution >= 0.6 is 0 Å². The third-order valence-electron chi connectivity index (χ3n) is 5.40. The highest BCUT2D eigenvalue weighted by atomic mass is 32.2. The minimum Gasteiger partial charge on any atom is -0.367 e. The van der Waals surface area contributed by atoms with Gasteiger partial charge in [0.25, 0.3) is 0 Å². The lowest BCUT2D eigenvalue weighted by molar-refractivity contribution is 0.311. The summed E-state index contributed by atoms with van der Waals surface area (Å²) in [6.45, 7) is 3.70. The molecule has 0 radical (unpaired) electrons. The monoisotopic (exact) mass is 421 g/mol. The summed E-state index contributed by atoms with van der Waals surface area (Å²) in [7, 11) is -1.26. The van der Waals surface area contributed by atoms with Crippen molar-refractivity contribution in [3.8, 4) is 0 Å². The SMILES string of the molecule is CN1CCN(c2nc(NCCS(=O)(=O)NC3CCCC3)c3ncnnc3n2)CC1. The second kappa shape index (κ2) is 8.67. The van der Waals surface area contributed by atoms with Crippen molar-refractivity contribution in [2.75, 3.05) is 55.7 Å². The molecule has 29 heavy (non-hydrogen) atoms. The first-order valence-corrected chi connectivity index (χ1v) is 11.7. The Morgan fingerprint density at radius 2 is 1.90 bits per heavy atom. The number of nitrogens with zero attached hydrogens (tertiary/aromatic N) is 7. The van der Waals surface area contributed by atoms with Gasteiger partial charge in [-0.15, -0.1) is 10.2 Å². The topological polar surface area (TPSA) is 129 Å². The summed E-state index contributed by atoms with van der Waals surface area (Å²) >= 11 is 0. The van der Waals surface area contributed by atoms with Gasteiger partial charge in [0, 0.05) is 38.8 Å². The van der Waals surface area contributed by atoms with Crippen molar-refractivity contribution in [1.82, 2.24) is 34.8 Å². The molecule has 1 aliphatic heterocycles. The molecule has 1 aliphatic carbocycles. The maximum atomic E-state index is 12.4. The van der Waals surface area contributed by atoms with E-state index in [1.807, 2.05) is 0 Å². The van der Waals surface area contributed by atoms with Gasteiger partial charge in [0.2, 0.25) is 21.6 Å². The molecular weight excluding hydrogens is 394 g/mol. The Balaban J connectivity index is 1.47. The summed E-state index contributed by atoms with van der Waals surface area (Å²) in [4.78, 5) is 17.7. The minimum absolute atomic E-state index is 0.0304. The Bertz CT molecular complexity index is 941. The van der Waals surface area contributed by atoms with Crippen LogP contribution in [0.25, 0.3) is 11.2 Å². The van der Waals surface area contributed by atoms with Crippen LogP contribution in [0.4, 0.5) is 11.8 Å². The molecule has 1 saturated carbocycles. The first kappa shape index (κ1) is 20.1. The van der Waals surface area contributed by atoms with Crippen molar-refractivity contribution >= 4 is 33.0 Å². The van der Waals surface area contributed by atoms with Crippen LogP contribution in [-0.2, 0) is 10.0 Å². The summed E-state index contributed by atoms with van der Waals surface area (Å²) in [6.07, 6.45) is 5.34. The van der Waals surface area contributed by atoms with Gasteiger partial charge in [0.05, 0.1) is 5.75 Å². The van der Waals surface area contributed by atoms with Crippen molar-refractivity contribution in [2.45, 2.75) is 31.7 Å². The van der Waals surface area contributed by atoms with E-state index in [0.717, 1.165) is 51.9 Å². The highest BCUT2D eigenvalue weighted by molar-refractivity contribution is 7.89. The number of piperazine rings is 1. The van der Waals surface area contributed by atoms with Crippen LogP contribution in [0.15, 0.2) is 6.33 Å². The summed E-state index contributed by atoms with van der Waals surface area (Å²) < 4.78 is 27.5. The smallest absolute Gasteiger partial charge is 0.229 e. The molecule has 0 spiro atoms. The lowest BCUT2D eigenvalue weighted by Crippen LogP contribution is -2.45. The van der Waals surface area contributed by atoms with Gasteiger partial charge < -0.3 is 15.1 Å². The van der Waals surface area contributed by atoms with Crippen LogP contribution in [-0.4, -0.2) is 90.0 Å². The number of sulfonamides is 1. The third kappa shape index (κ3) is 5.06. The second-order valence-corrected chi connectivity index (χ2v) is 9.51. The number of nitrogens with one attached hydrogen (secondary N) is 2. The second-order valence-electron chi connectivity index (χ2n) is 7.64. The van der Waals surface area contributed by atoms with Crippen molar-refractivity contribution < 1.29 is 8.42 Å². The van der Waals surface area contributed by atoms with E-state index in [-0.39, 0.29) is 18.3 Å². The van der Waals surface area contributed by atoms with E-state index in [1.165, 1.54) is 6.33 Å². The van der Waals surface area contributed by atoms with Gasteiger partial charge >= 0.3 is 0 Å². The molecule has 2 N–H and O–H groups in total. The summed E-state index contributed by atoms with van der Waals surface area (Å²) in [5, 5.41) is 11.0. The Labute approximate surface area is 170 Å². The molecule has 0 unspecified atom stereocenters. The molecule has 2 fully saturated rings. The summed E-state index contributed by atoms with van der Waals surface area (Å²) in [5.74, 6) is 1.01. The number of likely N-dealkylation sites (N-methyl/N-ethyl adjacent to an activating group) is 1. The zero-order chi connectivity index (χ0) is 20.3. The number of hydrogen-bond donors (Lipinski definition) is 2. The zero-order valence-electron chi connectivity index (χ0n) is 16.6. The van der Waals surface area contributed by atoms with E-state index in [9.17, 15) is 8.42 Å². The van der Waals surface area contributed by atoms with Crippen LogP contribution < -0.4 is 14.9 Å². The van der Waals surface area contributed by atoms with Crippen LogP contribution in [0.2, 0.25) is 0 Å². The van der Waals surface area contributed by atoms with E-state index in [2.05, 4.69) is 52.0 Å². The lowest BCUT2D eigenvalue weighted by atomic mass is 10.3. The van der Waals surface area contributed by atoms with Crippen LogP contribution in [0, 0.1) is 0 Å². The number of rotatable bonds is 7. The van der Waals surface area contributed by atoms with Gasteiger partial charge in [0.15, 0.2) is 11.3 Å². The number of fused-ring (bicyclic) bond motifs is 1. The first-order chi connectivity index (χ1) is 14.0. The normalized spacial score (nSPS) is 19.1. The molecule has 0 amide bonds. The number of anilines is 2. The molecule has 1 saturated heterocycles. The van der Waals surface area contributed by atoms with E-state index in [0.29, 0.717) is 22.9 Å². The molecular formula is C17H27N9O2S. The van der Waals surface area contributed by atoms with Crippen molar-refractivity contribution in [3.05, 3.63) is 6.33 Å². The van der Waals surface area contributed by atoms with Gasteiger partial charge in [-0.3, -0.25) is 0 Å². The molecule has 2 aliphatic rings. The predicted octanol–water partition coefficient (Wildman–Crippen LogP) is -0.159. The van der Waals surface area contributed by atoms with Gasteiger partial charge in [0.1, 0.15) is 6.33 Å². The molecule has 4 rings (SSSR count). The Hall–Kier alpha value is -2.18. The molecule has 2 aromatic rings. The maximum absolute atomic E-state index is 12.4. The fraction of sp³-hybridized carbons (Fsp3) is 0.706. The lowest BCUT2D eigenvalue weighted by Gasteiger charge is -2.32. The average molecular weight is 422 g/mol. The third-order valence-corrected chi connectivity index (χ3v) is 6.83. The molecule has 0 aromatic carbocycles. The van der Waals surface area contributed by atoms with E-state index in [4.69, 9.17) is 0 Å². The summed E-state index contributed by atoms with van der Waals surface area (Å²) in [6, 6.07) is 0.0701. The quantitative estimate of drug-likeness (QED) is 0.622. The maximum Gasteiger partial charge on any atom is 0.229 e. The Kier molecular flexibility index (Phi) is 6.01. The highest BCUT2D eigenvalue weighted by Gasteiger charge is 2.22. The highest BCUT2D eigenvalue weighted by Crippen LogP contribution is 2.21. The molecule has 158 valence electrons. The zero-order valence-corrected chi connectivity index (χ0v) is 17.4. The molecule has 11 nitrogen and oxygen atoms in total. The number of hydrogen-bond acceptors (Lipinski definition) is 10. The average Bonchev–Trinajstić information content (AvgIpc) is 3.20. The largest absolute Gasteiger partial charge is 0.367 e. The van der Waals surface area contributed by atoms with E-state index >= 15 is 0 Å². The van der Waals surface area contributed by atoms with E-state index in [1.54, 1.807) is 0 Å². The van der Waals surface area contributed by atoms with Crippen molar-refractivity contribution in [3.63, 3.8) is 0 Å². The van der Waals surface area contributed by atoms with Crippen LogP contribution in [0.3, 0.4) is 0 Å². The van der Waals surface area contributed by atoms with Gasteiger partial charge in [-0.1, -0.05) is 12.8 Å². The van der Waals surface area contributed by atoms with Crippen molar-refractivity contribution in [1.29, 1.82) is 0 Å². The fourth-order valence-corrected chi connectivity index (χ4v) is 4.95. The van der Waals surface area contributed by atoms with Gasteiger partial charge in [-0.25, -0.2) is 18.1 Å². The molecule has 0 bridgehead atoms. The molecule has 0 atom stereocenters. The van der Waals surface area contributed by atoms with Crippen molar-refractivity contribution in [2.24, 2.45) is 0 Å². The summed E-state index contributed by atoms with van der Waals surface area (Å²) in [5.41, 5.74) is 0.880. The van der Waals surface area contributed by atoms with Crippen LogP contribution in [0.1, 0.15) is 25.7 Å². The van der Waals surface area contributed by atoms with Gasteiger partial charge in [-0.2, -0.15) is 9.97 Å². The molecule has 12 heteroatoms. The molecule has 3 heterocycles. The molecule has 2 aromatic heterocycles. The Morgan fingerprint density at radius 1 is 1.14 bits per heavy atom. The van der Waals surface area contributed by atoms with Crippen LogP contribution in [0.5, 0.6) is 0 Å². The van der Waals surface area contributed by atoms with E-state index < -0.39 is 10.0 Å². The minimum atomic E-state index is -3.35. The van der Waals surface area contributed by atoms with Gasteiger partial charge in [-0.05, 0) is 19.9 Å². The fourth-order valence-electron chi connectivity index (χ4n) is 3.72. The standard InChI is InChI=1S/C17H27N9O2S/c1-25-7-9-26(10-8-25)17-21-15(14-16(22-17)23-20-12-19-14)18-6-11-29(27,28)24-13-4-2-3-5-13/h12-13,24H,2-11H2,1H3,(H,18,21,22,23).